The summed E-state index contributed by atoms with van der Waals surface area (Å²) in [6.07, 6.45) is 4.27. The van der Waals surface area contributed by atoms with Crippen LogP contribution in [0.15, 0.2) is 6.33 Å². The van der Waals surface area contributed by atoms with Gasteiger partial charge in [-0.1, -0.05) is 0 Å². The SMILES string of the molecule is Cn1ncnc1CCCCO. The summed E-state index contributed by atoms with van der Waals surface area (Å²) in [5.74, 6) is 0.985. The molecule has 1 aromatic rings. The molecule has 62 valence electrons. The molecule has 0 radical (unpaired) electrons. The van der Waals surface area contributed by atoms with Crippen molar-refractivity contribution in [3.05, 3.63) is 12.2 Å². The van der Waals surface area contributed by atoms with Crippen LogP contribution in [0, 0.1) is 0 Å². The summed E-state index contributed by atoms with van der Waals surface area (Å²) in [5.41, 5.74) is 0. The Kier molecular flexibility index (Phi) is 3.04. The molecule has 0 aliphatic carbocycles. The fraction of sp³-hybridized carbons (Fsp3) is 0.714. The Bertz CT molecular complexity index is 209. The van der Waals surface area contributed by atoms with Gasteiger partial charge >= 0.3 is 0 Å². The lowest BCUT2D eigenvalue weighted by Gasteiger charge is -1.97. The van der Waals surface area contributed by atoms with Gasteiger partial charge in [-0.05, 0) is 12.8 Å². The number of hydrogen-bond acceptors (Lipinski definition) is 3. The number of unbranched alkanes of at least 4 members (excludes halogenated alkanes) is 1. The summed E-state index contributed by atoms with van der Waals surface area (Å²) in [7, 11) is 1.88. The van der Waals surface area contributed by atoms with Gasteiger partial charge in [0.05, 0.1) is 0 Å². The maximum absolute atomic E-state index is 8.52. The Balaban J connectivity index is 2.32. The molecule has 4 nitrogen and oxygen atoms in total. The predicted molar refractivity (Wildman–Crippen MR) is 41.0 cm³/mol. The first-order valence-electron chi connectivity index (χ1n) is 3.78. The highest BCUT2D eigenvalue weighted by Gasteiger charge is 1.98. The van der Waals surface area contributed by atoms with E-state index in [2.05, 4.69) is 10.1 Å². The van der Waals surface area contributed by atoms with Crippen LogP contribution < -0.4 is 0 Å². The molecule has 0 amide bonds. The van der Waals surface area contributed by atoms with E-state index in [0.717, 1.165) is 25.1 Å². The third-order valence-corrected chi connectivity index (χ3v) is 1.61. The average Bonchev–Trinajstić information content (AvgIpc) is 2.37. The van der Waals surface area contributed by atoms with E-state index in [-0.39, 0.29) is 6.61 Å². The molecule has 0 saturated heterocycles. The molecule has 0 aliphatic rings. The second kappa shape index (κ2) is 4.08. The van der Waals surface area contributed by atoms with Gasteiger partial charge in [0.15, 0.2) is 0 Å². The molecule has 1 rings (SSSR count). The van der Waals surface area contributed by atoms with E-state index in [1.54, 1.807) is 11.0 Å². The molecule has 1 heterocycles. The Morgan fingerprint density at radius 1 is 1.55 bits per heavy atom. The normalized spacial score (nSPS) is 10.4. The largest absolute Gasteiger partial charge is 0.396 e. The van der Waals surface area contributed by atoms with Crippen LogP contribution in [0.5, 0.6) is 0 Å². The standard InChI is InChI=1S/C7H13N3O/c1-10-7(8-6-9-10)4-2-3-5-11/h6,11H,2-5H2,1H3. The summed E-state index contributed by atoms with van der Waals surface area (Å²) < 4.78 is 1.76. The van der Waals surface area contributed by atoms with Crippen molar-refractivity contribution in [2.24, 2.45) is 7.05 Å². The highest BCUT2D eigenvalue weighted by Crippen LogP contribution is 1.98. The van der Waals surface area contributed by atoms with Gasteiger partial charge in [0.2, 0.25) is 0 Å². The monoisotopic (exact) mass is 155 g/mol. The predicted octanol–water partition coefficient (Wildman–Crippen LogP) is 0.130. The third-order valence-electron chi connectivity index (χ3n) is 1.61. The molecule has 4 heteroatoms. The summed E-state index contributed by atoms with van der Waals surface area (Å²) in [6, 6.07) is 0. The van der Waals surface area contributed by atoms with Crippen LogP contribution in [0.25, 0.3) is 0 Å². The van der Waals surface area contributed by atoms with Gasteiger partial charge in [0.1, 0.15) is 12.2 Å². The van der Waals surface area contributed by atoms with Gasteiger partial charge < -0.3 is 5.11 Å². The number of aliphatic hydroxyl groups excluding tert-OH is 1. The molecular formula is C7H13N3O. The first kappa shape index (κ1) is 8.20. The molecule has 0 unspecified atom stereocenters. The lowest BCUT2D eigenvalue weighted by molar-refractivity contribution is 0.284. The van der Waals surface area contributed by atoms with Crippen LogP contribution in [-0.2, 0) is 13.5 Å². The van der Waals surface area contributed by atoms with Crippen molar-refractivity contribution in [2.75, 3.05) is 6.61 Å². The van der Waals surface area contributed by atoms with E-state index in [1.165, 1.54) is 0 Å². The Labute approximate surface area is 65.9 Å². The van der Waals surface area contributed by atoms with Gasteiger partial charge in [-0.15, -0.1) is 0 Å². The number of aromatic nitrogens is 3. The minimum atomic E-state index is 0.262. The van der Waals surface area contributed by atoms with E-state index >= 15 is 0 Å². The number of rotatable bonds is 4. The van der Waals surface area contributed by atoms with Crippen LogP contribution in [0.4, 0.5) is 0 Å². The maximum atomic E-state index is 8.52. The van der Waals surface area contributed by atoms with Crippen molar-refractivity contribution >= 4 is 0 Å². The van der Waals surface area contributed by atoms with Crippen molar-refractivity contribution in [3.8, 4) is 0 Å². The van der Waals surface area contributed by atoms with Crippen LogP contribution in [0.3, 0.4) is 0 Å². The maximum Gasteiger partial charge on any atom is 0.138 e. The number of aryl methyl sites for hydroxylation is 2. The van der Waals surface area contributed by atoms with E-state index in [0.29, 0.717) is 0 Å². The Hall–Kier alpha value is -0.900. The number of hydrogen-bond donors (Lipinski definition) is 1. The fourth-order valence-electron chi connectivity index (χ4n) is 0.941. The first-order valence-corrected chi connectivity index (χ1v) is 3.78. The highest BCUT2D eigenvalue weighted by molar-refractivity contribution is 4.82. The van der Waals surface area contributed by atoms with Crippen molar-refractivity contribution in [3.63, 3.8) is 0 Å². The first-order chi connectivity index (χ1) is 5.34. The summed E-state index contributed by atoms with van der Waals surface area (Å²) >= 11 is 0. The molecule has 1 aromatic heterocycles. The lowest BCUT2D eigenvalue weighted by atomic mass is 10.2. The average molecular weight is 155 g/mol. The molecule has 11 heavy (non-hydrogen) atoms. The van der Waals surface area contributed by atoms with Crippen molar-refractivity contribution in [1.29, 1.82) is 0 Å². The van der Waals surface area contributed by atoms with E-state index in [9.17, 15) is 0 Å². The zero-order chi connectivity index (χ0) is 8.10. The van der Waals surface area contributed by atoms with E-state index in [4.69, 9.17) is 5.11 Å². The summed E-state index contributed by atoms with van der Waals surface area (Å²) in [4.78, 5) is 4.06. The van der Waals surface area contributed by atoms with Gasteiger partial charge in [-0.25, -0.2) is 4.98 Å². The summed E-state index contributed by atoms with van der Waals surface area (Å²) in [6.45, 7) is 0.262. The molecule has 0 bridgehead atoms. The van der Waals surface area contributed by atoms with Gasteiger partial charge in [-0.3, -0.25) is 4.68 Å². The second-order valence-corrected chi connectivity index (χ2v) is 2.48. The molecule has 1 N–H and O–H groups in total. The molecule has 0 aromatic carbocycles. The van der Waals surface area contributed by atoms with Crippen molar-refractivity contribution in [2.45, 2.75) is 19.3 Å². The Morgan fingerprint density at radius 3 is 2.91 bits per heavy atom. The minimum Gasteiger partial charge on any atom is -0.396 e. The lowest BCUT2D eigenvalue weighted by Crippen LogP contribution is -1.99. The highest BCUT2D eigenvalue weighted by atomic mass is 16.2. The molecule has 0 aliphatic heterocycles. The minimum absolute atomic E-state index is 0.262. The van der Waals surface area contributed by atoms with Crippen LogP contribution in [0.1, 0.15) is 18.7 Å². The quantitative estimate of drug-likeness (QED) is 0.629. The molecule has 0 saturated carbocycles. The number of aliphatic hydroxyl groups is 1. The van der Waals surface area contributed by atoms with Gasteiger partial charge in [-0.2, -0.15) is 5.10 Å². The van der Waals surface area contributed by atoms with Crippen LogP contribution in [0.2, 0.25) is 0 Å². The fourth-order valence-corrected chi connectivity index (χ4v) is 0.941. The van der Waals surface area contributed by atoms with Gasteiger partial charge in [0, 0.05) is 20.1 Å². The van der Waals surface area contributed by atoms with Gasteiger partial charge in [0.25, 0.3) is 0 Å². The molecular weight excluding hydrogens is 142 g/mol. The molecule has 0 spiro atoms. The van der Waals surface area contributed by atoms with Crippen LogP contribution >= 0.6 is 0 Å². The summed E-state index contributed by atoms with van der Waals surface area (Å²) in [5, 5.41) is 12.5. The topological polar surface area (TPSA) is 50.9 Å². The van der Waals surface area contributed by atoms with E-state index < -0.39 is 0 Å². The molecule has 0 fully saturated rings. The van der Waals surface area contributed by atoms with Crippen molar-refractivity contribution < 1.29 is 5.11 Å². The second-order valence-electron chi connectivity index (χ2n) is 2.48. The molecule has 0 atom stereocenters. The van der Waals surface area contributed by atoms with Crippen molar-refractivity contribution in [1.82, 2.24) is 14.8 Å². The van der Waals surface area contributed by atoms with E-state index in [1.807, 2.05) is 7.05 Å². The third kappa shape index (κ3) is 2.31. The zero-order valence-electron chi connectivity index (χ0n) is 6.69. The zero-order valence-corrected chi connectivity index (χ0v) is 6.69. The number of nitrogens with zero attached hydrogens (tertiary/aromatic N) is 3. The Morgan fingerprint density at radius 2 is 2.36 bits per heavy atom. The van der Waals surface area contributed by atoms with Crippen LogP contribution in [-0.4, -0.2) is 26.5 Å². The smallest absolute Gasteiger partial charge is 0.138 e.